The third kappa shape index (κ3) is 6.52. The van der Waals surface area contributed by atoms with Crippen LogP contribution in [0.2, 0.25) is 0 Å². The maximum Gasteiger partial charge on any atom is 0.284 e. The number of pyridine rings is 2. The Hall–Kier alpha value is -4.75. The smallest absolute Gasteiger partial charge is 0.284 e. The molecule has 252 valence electrons. The molecule has 14 nitrogen and oxygen atoms in total. The van der Waals surface area contributed by atoms with Crippen molar-refractivity contribution in [3.8, 4) is 11.3 Å². The van der Waals surface area contributed by atoms with Crippen LogP contribution >= 0.6 is 0 Å². The largest absolute Gasteiger partial charge is 0.351 e. The van der Waals surface area contributed by atoms with Crippen molar-refractivity contribution in [3.63, 3.8) is 0 Å². The van der Waals surface area contributed by atoms with E-state index in [4.69, 9.17) is 0 Å². The number of sulfonamides is 1. The molecule has 5 heterocycles. The number of alkyl halides is 2. The first-order valence-corrected chi connectivity index (χ1v) is 17.8. The maximum absolute atomic E-state index is 15.0. The molecule has 48 heavy (non-hydrogen) atoms. The monoisotopic (exact) mass is 703 g/mol. The number of nitrogens with zero attached hydrogens (tertiary/aromatic N) is 8. The molecule has 0 aliphatic carbocycles. The summed E-state index contributed by atoms with van der Waals surface area (Å²) in [6, 6.07) is 7.06. The van der Waals surface area contributed by atoms with Gasteiger partial charge in [-0.15, -0.1) is 9.19 Å². The van der Waals surface area contributed by atoms with Gasteiger partial charge in [-0.3, -0.25) is 14.3 Å². The van der Waals surface area contributed by atoms with Gasteiger partial charge in [0, 0.05) is 42.0 Å². The van der Waals surface area contributed by atoms with Gasteiger partial charge in [-0.05, 0) is 55.7 Å². The van der Waals surface area contributed by atoms with Gasteiger partial charge in [0.1, 0.15) is 24.1 Å². The number of aromatic nitrogens is 7. The lowest BCUT2D eigenvalue weighted by molar-refractivity contribution is 0.149. The van der Waals surface area contributed by atoms with E-state index in [1.807, 2.05) is 0 Å². The van der Waals surface area contributed by atoms with Crippen LogP contribution in [0.1, 0.15) is 36.1 Å². The zero-order chi connectivity index (χ0) is 34.4. The Kier molecular flexibility index (Phi) is 8.77. The van der Waals surface area contributed by atoms with Gasteiger partial charge >= 0.3 is 0 Å². The summed E-state index contributed by atoms with van der Waals surface area (Å²) in [6.07, 6.45) is 2.42. The van der Waals surface area contributed by atoms with Crippen molar-refractivity contribution in [1.29, 1.82) is 0 Å². The summed E-state index contributed by atoms with van der Waals surface area (Å²) in [5, 5.41) is 6.99. The van der Waals surface area contributed by atoms with Crippen molar-refractivity contribution in [3.05, 3.63) is 88.2 Å². The van der Waals surface area contributed by atoms with Crippen molar-refractivity contribution >= 4 is 37.0 Å². The number of aryl methyl sites for hydroxylation is 1. The van der Waals surface area contributed by atoms with E-state index in [0.29, 0.717) is 41.3 Å². The molecule has 1 saturated heterocycles. The standard InChI is InChI=1S/C29H28F3N9O5S2/c1-17-18(3-6-25(36-17)22-12-21(4-5-24(22)30)48(45,46)41-16-33-15-35-41)14-40-27-19(11-23(26(31)32)28(40)42)13-34-29(38-27)37-20-7-9-39(10-8-20)47(2,43)44/h3-6,11-13,15-16,20,26H,7-10,14H2,1-2H3,(H,34,37,38). The van der Waals surface area contributed by atoms with Crippen LogP contribution in [0.5, 0.6) is 0 Å². The number of anilines is 1. The summed E-state index contributed by atoms with van der Waals surface area (Å²) in [7, 11) is -7.48. The Labute approximate surface area is 272 Å². The summed E-state index contributed by atoms with van der Waals surface area (Å²) in [5.74, 6) is -0.600. The molecule has 0 amide bonds. The minimum Gasteiger partial charge on any atom is -0.351 e. The molecule has 1 aliphatic heterocycles. The zero-order valence-electron chi connectivity index (χ0n) is 25.5. The minimum atomic E-state index is -4.15. The number of nitrogens with one attached hydrogen (secondary N) is 1. The second-order valence-electron chi connectivity index (χ2n) is 11.2. The third-order valence-electron chi connectivity index (χ3n) is 8.03. The van der Waals surface area contributed by atoms with Crippen molar-refractivity contribution in [1.82, 2.24) is 38.0 Å². The number of halogens is 3. The predicted molar refractivity (Wildman–Crippen MR) is 168 cm³/mol. The Morgan fingerprint density at radius 3 is 2.44 bits per heavy atom. The fourth-order valence-corrected chi connectivity index (χ4v) is 7.38. The van der Waals surface area contributed by atoms with Crippen LogP contribution < -0.4 is 10.9 Å². The molecule has 1 fully saturated rings. The van der Waals surface area contributed by atoms with Gasteiger partial charge in [0.15, 0.2) is 0 Å². The van der Waals surface area contributed by atoms with Gasteiger partial charge in [-0.1, -0.05) is 6.07 Å². The molecular formula is C29H28F3N9O5S2. The highest BCUT2D eigenvalue weighted by Gasteiger charge is 2.26. The molecule has 1 aliphatic rings. The van der Waals surface area contributed by atoms with Crippen LogP contribution in [-0.4, -0.2) is 80.2 Å². The second kappa shape index (κ2) is 12.7. The molecule has 6 rings (SSSR count). The molecule has 0 spiro atoms. The predicted octanol–water partition coefficient (Wildman–Crippen LogP) is 2.95. The van der Waals surface area contributed by atoms with E-state index in [9.17, 15) is 34.8 Å². The van der Waals surface area contributed by atoms with E-state index in [1.165, 1.54) is 16.6 Å². The molecule has 0 unspecified atom stereocenters. The fraction of sp³-hybridized carbons (Fsp3) is 0.310. The Morgan fingerprint density at radius 2 is 1.79 bits per heavy atom. The molecule has 0 atom stereocenters. The second-order valence-corrected chi connectivity index (χ2v) is 15.0. The minimum absolute atomic E-state index is 0.0796. The highest BCUT2D eigenvalue weighted by atomic mass is 32.2. The van der Waals surface area contributed by atoms with E-state index in [0.717, 1.165) is 47.7 Å². The lowest BCUT2D eigenvalue weighted by Crippen LogP contribution is -2.42. The summed E-state index contributed by atoms with van der Waals surface area (Å²) in [5.41, 5.74) is -0.891. The molecular weight excluding hydrogens is 676 g/mol. The van der Waals surface area contributed by atoms with E-state index in [2.05, 4.69) is 30.4 Å². The first-order valence-electron chi connectivity index (χ1n) is 14.5. The summed E-state index contributed by atoms with van der Waals surface area (Å²) >= 11 is 0. The van der Waals surface area contributed by atoms with Crippen LogP contribution in [0.25, 0.3) is 22.3 Å². The lowest BCUT2D eigenvalue weighted by atomic mass is 10.1. The van der Waals surface area contributed by atoms with Crippen molar-refractivity contribution in [2.45, 2.75) is 43.7 Å². The Morgan fingerprint density at radius 1 is 1.04 bits per heavy atom. The fourth-order valence-electron chi connectivity index (χ4n) is 5.44. The van der Waals surface area contributed by atoms with Crippen LogP contribution in [0, 0.1) is 12.7 Å². The molecule has 1 N–H and O–H groups in total. The van der Waals surface area contributed by atoms with Crippen molar-refractivity contribution in [2.75, 3.05) is 24.7 Å². The molecule has 5 aromatic rings. The van der Waals surface area contributed by atoms with Gasteiger partial charge in [0.2, 0.25) is 16.0 Å². The SMILES string of the molecule is Cc1nc(-c2cc(S(=O)(=O)n3cncn3)ccc2F)ccc1Cn1c(=O)c(C(F)F)cc2cnc(NC3CCN(S(C)(=O)=O)CC3)nc21. The Bertz CT molecular complexity index is 2290. The molecule has 0 bridgehead atoms. The first-order chi connectivity index (χ1) is 22.7. The average Bonchev–Trinajstić information content (AvgIpc) is 3.59. The zero-order valence-corrected chi connectivity index (χ0v) is 27.1. The topological polar surface area (TPSA) is 175 Å². The molecule has 4 aromatic heterocycles. The average molecular weight is 704 g/mol. The van der Waals surface area contributed by atoms with Gasteiger partial charge in [0.05, 0.1) is 29.0 Å². The number of piperidine rings is 1. The Balaban J connectivity index is 1.33. The van der Waals surface area contributed by atoms with E-state index in [1.54, 1.807) is 13.0 Å². The number of hydrogen-bond donors (Lipinski definition) is 1. The van der Waals surface area contributed by atoms with Crippen LogP contribution in [0.4, 0.5) is 19.1 Å². The van der Waals surface area contributed by atoms with Crippen LogP contribution in [0.15, 0.2) is 64.9 Å². The van der Waals surface area contributed by atoms with Crippen molar-refractivity contribution < 1.29 is 30.0 Å². The van der Waals surface area contributed by atoms with Gasteiger partial charge in [-0.25, -0.2) is 35.9 Å². The van der Waals surface area contributed by atoms with Gasteiger partial charge in [0.25, 0.3) is 22.0 Å². The molecule has 19 heteroatoms. The summed E-state index contributed by atoms with van der Waals surface area (Å²) < 4.78 is 95.5. The van der Waals surface area contributed by atoms with Gasteiger partial charge in [-0.2, -0.15) is 13.4 Å². The lowest BCUT2D eigenvalue weighted by Gasteiger charge is -2.30. The quantitative estimate of drug-likeness (QED) is 0.239. The van der Waals surface area contributed by atoms with Crippen LogP contribution in [-0.2, 0) is 26.6 Å². The maximum atomic E-state index is 15.0. The first kappa shape index (κ1) is 33.2. The van der Waals surface area contributed by atoms with Crippen LogP contribution in [0.3, 0.4) is 0 Å². The molecule has 0 saturated carbocycles. The highest BCUT2D eigenvalue weighted by Crippen LogP contribution is 2.27. The number of benzene rings is 1. The van der Waals surface area contributed by atoms with E-state index >= 15 is 0 Å². The summed E-state index contributed by atoms with van der Waals surface area (Å²) in [4.78, 5) is 29.9. The molecule has 0 radical (unpaired) electrons. The normalized spacial score (nSPS) is 15.0. The van der Waals surface area contributed by atoms with E-state index in [-0.39, 0.29) is 45.7 Å². The number of rotatable bonds is 9. The number of hydrogen-bond acceptors (Lipinski definition) is 11. The molecule has 1 aromatic carbocycles. The third-order valence-corrected chi connectivity index (χ3v) is 10.9. The van der Waals surface area contributed by atoms with Crippen molar-refractivity contribution in [2.24, 2.45) is 0 Å². The highest BCUT2D eigenvalue weighted by molar-refractivity contribution is 7.89. The van der Waals surface area contributed by atoms with Gasteiger partial charge < -0.3 is 5.32 Å². The summed E-state index contributed by atoms with van der Waals surface area (Å²) in [6.45, 7) is 1.98. The number of fused-ring (bicyclic) bond motifs is 1. The van der Waals surface area contributed by atoms with E-state index < -0.39 is 43.4 Å².